The Morgan fingerprint density at radius 3 is 2.68 bits per heavy atom. The Labute approximate surface area is 225 Å². The molecule has 5 atom stereocenters. The second-order valence-electron chi connectivity index (χ2n) is 12.0. The molecule has 3 heterocycles. The summed E-state index contributed by atoms with van der Waals surface area (Å²) in [5.74, 6) is 1.70. The Morgan fingerprint density at radius 2 is 1.82 bits per heavy atom. The van der Waals surface area contributed by atoms with Gasteiger partial charge in [-0.25, -0.2) is 0 Å². The Hall–Kier alpha value is -3.02. The van der Waals surface area contributed by atoms with Crippen LogP contribution in [0.2, 0.25) is 0 Å². The van der Waals surface area contributed by atoms with Crippen molar-refractivity contribution >= 4 is 5.69 Å². The van der Waals surface area contributed by atoms with Crippen LogP contribution in [0.4, 0.5) is 5.69 Å². The summed E-state index contributed by atoms with van der Waals surface area (Å²) in [5, 5.41) is 12.9. The zero-order valence-electron chi connectivity index (χ0n) is 22.1. The molecule has 5 heteroatoms. The van der Waals surface area contributed by atoms with Gasteiger partial charge in [-0.1, -0.05) is 54.6 Å². The van der Waals surface area contributed by atoms with Gasteiger partial charge in [0.2, 0.25) is 0 Å². The lowest BCUT2D eigenvalue weighted by Crippen LogP contribution is -2.78. The first-order chi connectivity index (χ1) is 18.6. The number of aliphatic hydroxyl groups is 1. The van der Waals surface area contributed by atoms with Gasteiger partial charge in [-0.3, -0.25) is 4.90 Å². The van der Waals surface area contributed by atoms with Gasteiger partial charge in [0.25, 0.3) is 0 Å². The van der Waals surface area contributed by atoms with E-state index in [2.05, 4.69) is 76.5 Å². The summed E-state index contributed by atoms with van der Waals surface area (Å²) in [6.45, 7) is 2.98. The van der Waals surface area contributed by atoms with Crippen molar-refractivity contribution in [3.8, 4) is 11.5 Å². The first-order valence-electron chi connectivity index (χ1n) is 14.4. The van der Waals surface area contributed by atoms with E-state index in [-0.39, 0.29) is 18.2 Å². The molecule has 1 N–H and O–H groups in total. The van der Waals surface area contributed by atoms with Gasteiger partial charge in [-0.15, -0.1) is 0 Å². The van der Waals surface area contributed by atoms with E-state index in [1.54, 1.807) is 7.11 Å². The maximum atomic E-state index is 12.9. The third-order valence-electron chi connectivity index (χ3n) is 10.6. The minimum Gasteiger partial charge on any atom is -0.493 e. The van der Waals surface area contributed by atoms with Crippen molar-refractivity contribution in [2.75, 3.05) is 31.6 Å². The molecule has 196 valence electrons. The summed E-state index contributed by atoms with van der Waals surface area (Å²) in [4.78, 5) is 5.18. The van der Waals surface area contributed by atoms with E-state index >= 15 is 0 Å². The molecule has 1 saturated carbocycles. The molecule has 0 radical (unpaired) electrons. The number of nitrogens with zero attached hydrogens (tertiary/aromatic N) is 2. The molecule has 0 unspecified atom stereocenters. The smallest absolute Gasteiger partial charge is 0.166 e. The van der Waals surface area contributed by atoms with Crippen LogP contribution in [0, 0.1) is 0 Å². The summed E-state index contributed by atoms with van der Waals surface area (Å²) >= 11 is 0. The van der Waals surface area contributed by atoms with E-state index in [4.69, 9.17) is 9.47 Å². The summed E-state index contributed by atoms with van der Waals surface area (Å²) in [7, 11) is 1.74. The topological polar surface area (TPSA) is 45.2 Å². The van der Waals surface area contributed by atoms with Crippen LogP contribution in [0.15, 0.2) is 66.7 Å². The second-order valence-corrected chi connectivity index (χ2v) is 12.0. The summed E-state index contributed by atoms with van der Waals surface area (Å²) < 4.78 is 12.9. The molecule has 1 saturated heterocycles. The Morgan fingerprint density at radius 1 is 0.974 bits per heavy atom. The molecule has 1 spiro atoms. The average Bonchev–Trinajstić information content (AvgIpc) is 3.53. The van der Waals surface area contributed by atoms with Crippen molar-refractivity contribution in [2.45, 2.75) is 67.7 Å². The molecule has 3 aromatic carbocycles. The molecule has 0 aromatic heterocycles. The zero-order valence-corrected chi connectivity index (χ0v) is 22.1. The van der Waals surface area contributed by atoms with Gasteiger partial charge >= 0.3 is 0 Å². The van der Waals surface area contributed by atoms with Crippen LogP contribution in [0.3, 0.4) is 0 Å². The highest BCUT2D eigenvalue weighted by atomic mass is 16.5. The van der Waals surface area contributed by atoms with Crippen molar-refractivity contribution in [1.29, 1.82) is 0 Å². The quantitative estimate of drug-likeness (QED) is 0.549. The summed E-state index contributed by atoms with van der Waals surface area (Å²) in [6.07, 6.45) is 5.52. The molecular weight excluding hydrogens is 472 g/mol. The minimum atomic E-state index is -0.813. The van der Waals surface area contributed by atoms with Gasteiger partial charge in [0.05, 0.1) is 24.2 Å². The van der Waals surface area contributed by atoms with Crippen molar-refractivity contribution < 1.29 is 14.6 Å². The lowest BCUT2D eigenvalue weighted by atomic mass is 9.48. The Balaban J connectivity index is 1.22. The number of ether oxygens (including phenoxy) is 2. The Bertz CT molecular complexity index is 1390. The second kappa shape index (κ2) is 8.24. The molecule has 38 heavy (non-hydrogen) atoms. The summed E-state index contributed by atoms with van der Waals surface area (Å²) in [6, 6.07) is 24.3. The first-order valence-corrected chi connectivity index (χ1v) is 14.4. The van der Waals surface area contributed by atoms with Crippen LogP contribution in [0.5, 0.6) is 11.5 Å². The highest BCUT2D eigenvalue weighted by molar-refractivity contribution is 5.65. The SMILES string of the molecule is COc1ccc2c3c1O[C@H]1[C@H](N4CCc5ccccc54)CC[C@@]4(O)[C@@H](C2)N(CCc2ccccc2)CC[C@]314. The molecule has 2 fully saturated rings. The van der Waals surface area contributed by atoms with Crippen molar-refractivity contribution in [1.82, 2.24) is 4.90 Å². The number of para-hydroxylation sites is 1. The fraction of sp³-hybridized carbons (Fsp3) is 0.455. The normalized spacial score (nSPS) is 32.5. The lowest BCUT2D eigenvalue weighted by Gasteiger charge is -2.65. The molecule has 5 nitrogen and oxygen atoms in total. The number of fused-ring (bicyclic) bond motifs is 1. The maximum Gasteiger partial charge on any atom is 0.166 e. The van der Waals surface area contributed by atoms with Gasteiger partial charge in [0.15, 0.2) is 11.5 Å². The van der Waals surface area contributed by atoms with E-state index in [9.17, 15) is 5.11 Å². The fourth-order valence-electron chi connectivity index (χ4n) is 8.97. The van der Waals surface area contributed by atoms with Crippen LogP contribution in [-0.4, -0.2) is 60.5 Å². The highest BCUT2D eigenvalue weighted by Gasteiger charge is 2.73. The first kappa shape index (κ1) is 22.9. The van der Waals surface area contributed by atoms with Crippen LogP contribution in [0.25, 0.3) is 0 Å². The number of anilines is 1. The Kier molecular flexibility index (Phi) is 4.97. The van der Waals surface area contributed by atoms with Crippen LogP contribution in [-0.2, 0) is 24.7 Å². The predicted octanol–water partition coefficient (Wildman–Crippen LogP) is 4.52. The van der Waals surface area contributed by atoms with Crippen molar-refractivity contribution in [3.05, 3.63) is 89.0 Å². The van der Waals surface area contributed by atoms with Gasteiger partial charge < -0.3 is 19.5 Å². The van der Waals surface area contributed by atoms with Gasteiger partial charge in [-0.2, -0.15) is 0 Å². The molecule has 3 aliphatic heterocycles. The number of hydrogen-bond donors (Lipinski definition) is 1. The van der Waals surface area contributed by atoms with Crippen molar-refractivity contribution in [3.63, 3.8) is 0 Å². The lowest BCUT2D eigenvalue weighted by molar-refractivity contribution is -0.188. The standard InChI is InChI=1S/C33H36N2O3/c1-37-27-12-11-24-21-28-33(36)16-13-26(35-19-15-23-9-5-6-10-25(23)35)31-32(33,29(24)30(27)38-31)17-20-34(28)18-14-22-7-3-2-4-8-22/h2-12,26,28,31,36H,13-21H2,1H3/t26-,28-,31+,32+,33-/m1/s1. The largest absolute Gasteiger partial charge is 0.493 e. The molecule has 0 amide bonds. The number of likely N-dealkylation sites (tertiary alicyclic amines) is 1. The molecule has 3 aromatic rings. The minimum absolute atomic E-state index is 0.0865. The number of benzene rings is 3. The maximum absolute atomic E-state index is 12.9. The zero-order chi connectivity index (χ0) is 25.5. The van der Waals surface area contributed by atoms with Gasteiger partial charge in [0, 0.05) is 30.4 Å². The monoisotopic (exact) mass is 508 g/mol. The highest BCUT2D eigenvalue weighted by Crippen LogP contribution is 2.66. The van der Waals surface area contributed by atoms with E-state index in [1.165, 1.54) is 27.9 Å². The van der Waals surface area contributed by atoms with Gasteiger partial charge in [-0.05, 0) is 73.9 Å². The van der Waals surface area contributed by atoms with Crippen LogP contribution < -0.4 is 14.4 Å². The fourth-order valence-corrected chi connectivity index (χ4v) is 8.97. The van der Waals surface area contributed by atoms with Crippen LogP contribution >= 0.6 is 0 Å². The number of hydrogen-bond acceptors (Lipinski definition) is 5. The van der Waals surface area contributed by atoms with Crippen molar-refractivity contribution in [2.24, 2.45) is 0 Å². The van der Waals surface area contributed by atoms with E-state index in [1.807, 2.05) is 0 Å². The summed E-state index contributed by atoms with van der Waals surface area (Å²) in [5.41, 5.74) is 5.51. The number of piperidine rings is 1. The number of rotatable bonds is 5. The average molecular weight is 509 g/mol. The predicted molar refractivity (Wildman–Crippen MR) is 148 cm³/mol. The van der Waals surface area contributed by atoms with E-state index in [0.717, 1.165) is 69.7 Å². The van der Waals surface area contributed by atoms with E-state index < -0.39 is 11.0 Å². The molecule has 5 aliphatic rings. The third kappa shape index (κ3) is 2.89. The number of methoxy groups -OCH3 is 1. The van der Waals surface area contributed by atoms with Gasteiger partial charge in [0.1, 0.15) is 6.10 Å². The molecular formula is C33H36N2O3. The molecule has 2 bridgehead atoms. The van der Waals surface area contributed by atoms with Crippen LogP contribution in [0.1, 0.15) is 41.5 Å². The molecule has 2 aliphatic carbocycles. The third-order valence-corrected chi connectivity index (χ3v) is 10.6. The van der Waals surface area contributed by atoms with E-state index in [0.29, 0.717) is 0 Å². The molecule has 8 rings (SSSR count).